The van der Waals surface area contributed by atoms with Crippen molar-refractivity contribution in [3.63, 3.8) is 0 Å². The third kappa shape index (κ3) is 2.82. The van der Waals surface area contributed by atoms with Crippen molar-refractivity contribution in [1.29, 1.82) is 0 Å². The maximum atomic E-state index is 6.82. The third-order valence-corrected chi connectivity index (χ3v) is 6.78. The van der Waals surface area contributed by atoms with Gasteiger partial charge in [-0.05, 0) is 25.8 Å². The number of nitrogens with two attached hydrogens (primary N) is 1. The molecule has 6 rings (SSSR count). The van der Waals surface area contributed by atoms with E-state index < -0.39 is 0 Å². The first-order valence-electron chi connectivity index (χ1n) is 10.4. The highest BCUT2D eigenvalue weighted by molar-refractivity contribution is 6.38. The quantitative estimate of drug-likeness (QED) is 0.441. The molecule has 0 bridgehead atoms. The lowest BCUT2D eigenvalue weighted by Gasteiger charge is -2.37. The SMILES string of the molecule is Cn1cc2c(Cl)c(-c3c[nH]c4nc(N5CCC(C)(N)CC5)n5ccnc5c34)ccc2n1. The number of nitrogens with zero attached hydrogens (tertiary/aromatic N) is 6. The summed E-state index contributed by atoms with van der Waals surface area (Å²) < 4.78 is 3.84. The van der Waals surface area contributed by atoms with Gasteiger partial charge in [0.2, 0.25) is 5.95 Å². The molecule has 0 spiro atoms. The fraction of sp³-hybridized carbons (Fsp3) is 0.318. The van der Waals surface area contributed by atoms with Gasteiger partial charge >= 0.3 is 0 Å². The standard InChI is InChI=1S/C22H23ClN8/c1-22(24)5-8-30(9-6-22)21-27-19-17(20-25-7-10-31(20)21)14(11-26-19)13-3-4-16-15(18(13)23)12-29(2)28-16/h3-4,7,10-12,26H,5-6,8-9,24H2,1-2H3. The fourth-order valence-corrected chi connectivity index (χ4v) is 4.88. The van der Waals surface area contributed by atoms with Gasteiger partial charge in [-0.1, -0.05) is 17.7 Å². The summed E-state index contributed by atoms with van der Waals surface area (Å²) >= 11 is 6.82. The van der Waals surface area contributed by atoms with Crippen LogP contribution < -0.4 is 10.6 Å². The second-order valence-electron chi connectivity index (χ2n) is 8.76. The van der Waals surface area contributed by atoms with Gasteiger partial charge in [0.05, 0.1) is 15.9 Å². The number of benzene rings is 1. The smallest absolute Gasteiger partial charge is 0.213 e. The third-order valence-electron chi connectivity index (χ3n) is 6.37. The first-order chi connectivity index (χ1) is 14.9. The molecule has 0 amide bonds. The van der Waals surface area contributed by atoms with Gasteiger partial charge in [0.1, 0.15) is 5.65 Å². The van der Waals surface area contributed by atoms with Crippen molar-refractivity contribution in [1.82, 2.24) is 29.1 Å². The Morgan fingerprint density at radius 3 is 2.81 bits per heavy atom. The van der Waals surface area contributed by atoms with Crippen LogP contribution in [0, 0.1) is 0 Å². The number of imidazole rings is 1. The highest BCUT2D eigenvalue weighted by Crippen LogP contribution is 2.39. The summed E-state index contributed by atoms with van der Waals surface area (Å²) in [5.41, 5.74) is 10.7. The van der Waals surface area contributed by atoms with Crippen LogP contribution in [0.2, 0.25) is 5.02 Å². The molecular formula is C22H23ClN8. The summed E-state index contributed by atoms with van der Waals surface area (Å²) in [6.45, 7) is 3.86. The molecule has 0 atom stereocenters. The minimum atomic E-state index is -0.115. The topological polar surface area (TPSA) is 93.1 Å². The Morgan fingerprint density at radius 1 is 1.19 bits per heavy atom. The van der Waals surface area contributed by atoms with E-state index in [1.807, 2.05) is 44.0 Å². The number of aromatic amines is 1. The van der Waals surface area contributed by atoms with Crippen molar-refractivity contribution < 1.29 is 0 Å². The molecule has 1 aliphatic rings. The van der Waals surface area contributed by atoms with Crippen LogP contribution in [-0.4, -0.2) is 47.8 Å². The number of nitrogens with one attached hydrogen (secondary N) is 1. The molecule has 9 heteroatoms. The molecule has 158 valence electrons. The molecule has 1 aliphatic heterocycles. The number of rotatable bonds is 2. The highest BCUT2D eigenvalue weighted by atomic mass is 35.5. The van der Waals surface area contributed by atoms with Crippen molar-refractivity contribution in [2.45, 2.75) is 25.3 Å². The van der Waals surface area contributed by atoms with Crippen molar-refractivity contribution in [3.05, 3.63) is 41.9 Å². The van der Waals surface area contributed by atoms with E-state index in [0.717, 1.165) is 70.6 Å². The Balaban J connectivity index is 1.53. The molecule has 3 N–H and O–H groups in total. The average Bonchev–Trinajstić information content (AvgIpc) is 3.45. The Morgan fingerprint density at radius 2 is 2.00 bits per heavy atom. The van der Waals surface area contributed by atoms with Crippen molar-refractivity contribution in [2.24, 2.45) is 12.8 Å². The van der Waals surface area contributed by atoms with Crippen LogP contribution in [-0.2, 0) is 7.05 Å². The number of halogens is 1. The van der Waals surface area contributed by atoms with Gasteiger partial charge in [-0.3, -0.25) is 9.08 Å². The Labute approximate surface area is 183 Å². The maximum Gasteiger partial charge on any atom is 0.213 e. The zero-order chi connectivity index (χ0) is 21.3. The minimum Gasteiger partial charge on any atom is -0.345 e. The zero-order valence-electron chi connectivity index (χ0n) is 17.4. The van der Waals surface area contributed by atoms with E-state index in [-0.39, 0.29) is 5.54 Å². The van der Waals surface area contributed by atoms with Gasteiger partial charge < -0.3 is 15.6 Å². The normalized spacial score (nSPS) is 16.7. The molecule has 31 heavy (non-hydrogen) atoms. The van der Waals surface area contributed by atoms with Crippen LogP contribution in [0.25, 0.3) is 38.7 Å². The molecule has 0 saturated carbocycles. The highest BCUT2D eigenvalue weighted by Gasteiger charge is 2.28. The van der Waals surface area contributed by atoms with Crippen molar-refractivity contribution >= 4 is 45.1 Å². The lowest BCUT2D eigenvalue weighted by Crippen LogP contribution is -2.48. The number of piperidine rings is 1. The van der Waals surface area contributed by atoms with E-state index in [1.54, 1.807) is 4.68 Å². The summed E-state index contributed by atoms with van der Waals surface area (Å²) in [5.74, 6) is 0.887. The second-order valence-corrected chi connectivity index (χ2v) is 9.14. The van der Waals surface area contributed by atoms with E-state index in [9.17, 15) is 0 Å². The first kappa shape index (κ1) is 18.7. The van der Waals surface area contributed by atoms with Crippen molar-refractivity contribution in [2.75, 3.05) is 18.0 Å². The maximum absolute atomic E-state index is 6.82. The van der Waals surface area contributed by atoms with Gasteiger partial charge in [-0.25, -0.2) is 4.98 Å². The summed E-state index contributed by atoms with van der Waals surface area (Å²) in [6.07, 6.45) is 9.56. The molecule has 0 aliphatic carbocycles. The number of anilines is 1. The number of fused-ring (bicyclic) bond motifs is 4. The molecule has 0 radical (unpaired) electrons. The van der Waals surface area contributed by atoms with E-state index in [2.05, 4.69) is 31.3 Å². The molecule has 0 unspecified atom stereocenters. The lowest BCUT2D eigenvalue weighted by atomic mass is 9.91. The van der Waals surface area contributed by atoms with E-state index >= 15 is 0 Å². The van der Waals surface area contributed by atoms with E-state index in [1.165, 1.54) is 0 Å². The molecule has 4 aromatic heterocycles. The summed E-state index contributed by atoms with van der Waals surface area (Å²) in [7, 11) is 1.90. The molecule has 1 fully saturated rings. The molecule has 8 nitrogen and oxygen atoms in total. The Kier molecular flexibility index (Phi) is 3.88. The fourth-order valence-electron chi connectivity index (χ4n) is 4.57. The predicted molar refractivity (Wildman–Crippen MR) is 124 cm³/mol. The monoisotopic (exact) mass is 434 g/mol. The van der Waals surface area contributed by atoms with Crippen LogP contribution in [0.4, 0.5) is 5.95 Å². The molecule has 5 heterocycles. The summed E-state index contributed by atoms with van der Waals surface area (Å²) in [4.78, 5) is 15.3. The Hall–Kier alpha value is -3.10. The largest absolute Gasteiger partial charge is 0.345 e. The van der Waals surface area contributed by atoms with Crippen LogP contribution in [0.5, 0.6) is 0 Å². The van der Waals surface area contributed by atoms with Gasteiger partial charge in [0.25, 0.3) is 0 Å². The summed E-state index contributed by atoms with van der Waals surface area (Å²) in [6, 6.07) is 4.01. The van der Waals surface area contributed by atoms with Gasteiger partial charge in [0.15, 0.2) is 5.65 Å². The van der Waals surface area contributed by atoms with Crippen molar-refractivity contribution in [3.8, 4) is 11.1 Å². The van der Waals surface area contributed by atoms with Crippen LogP contribution in [0.3, 0.4) is 0 Å². The molecule has 1 aromatic carbocycles. The average molecular weight is 435 g/mol. The molecule has 5 aromatic rings. The Bertz CT molecular complexity index is 1450. The second kappa shape index (κ2) is 6.45. The van der Waals surface area contributed by atoms with E-state index in [4.69, 9.17) is 22.3 Å². The van der Waals surface area contributed by atoms with Gasteiger partial charge in [-0.15, -0.1) is 0 Å². The van der Waals surface area contributed by atoms with Gasteiger partial charge in [-0.2, -0.15) is 10.1 Å². The first-order valence-corrected chi connectivity index (χ1v) is 10.8. The van der Waals surface area contributed by atoms with Crippen LogP contribution >= 0.6 is 11.6 Å². The predicted octanol–water partition coefficient (Wildman–Crippen LogP) is 3.74. The molecular weight excluding hydrogens is 412 g/mol. The number of hydrogen-bond donors (Lipinski definition) is 2. The van der Waals surface area contributed by atoms with Crippen LogP contribution in [0.1, 0.15) is 19.8 Å². The van der Waals surface area contributed by atoms with E-state index in [0.29, 0.717) is 5.02 Å². The summed E-state index contributed by atoms with van der Waals surface area (Å²) in [5, 5.41) is 7.02. The lowest BCUT2D eigenvalue weighted by molar-refractivity contribution is 0.361. The minimum absolute atomic E-state index is 0.115. The number of aryl methyl sites for hydroxylation is 1. The number of aromatic nitrogens is 6. The van der Waals surface area contributed by atoms with Gasteiger partial charge in [0, 0.05) is 67.0 Å². The number of hydrogen-bond acceptors (Lipinski definition) is 5. The molecule has 1 saturated heterocycles. The van der Waals surface area contributed by atoms with Crippen LogP contribution in [0.15, 0.2) is 36.9 Å². The zero-order valence-corrected chi connectivity index (χ0v) is 18.2. The number of H-pyrrole nitrogens is 1.